The molecule has 150 heavy (non-hydrogen) atoms. The summed E-state index contributed by atoms with van der Waals surface area (Å²) in [5, 5.41) is 105. The van der Waals surface area contributed by atoms with Crippen molar-refractivity contribution in [1.29, 1.82) is 0 Å². The van der Waals surface area contributed by atoms with Gasteiger partial charge in [-0.05, 0) is 168 Å². The van der Waals surface area contributed by atoms with Crippen LogP contribution in [0.25, 0.3) is 0 Å². The zero-order chi connectivity index (χ0) is 115. The van der Waals surface area contributed by atoms with Gasteiger partial charge in [-0.15, -0.1) is 0 Å². The van der Waals surface area contributed by atoms with Crippen LogP contribution in [0.4, 0.5) is 48.3 Å². The van der Waals surface area contributed by atoms with Gasteiger partial charge >= 0.3 is 47.8 Å². The summed E-state index contributed by atoms with van der Waals surface area (Å²) < 4.78 is 233. The van der Waals surface area contributed by atoms with E-state index in [1.54, 1.807) is 55.4 Å². The quantitative estimate of drug-likeness (QED) is 0.0150. The summed E-state index contributed by atoms with van der Waals surface area (Å²) >= 11 is 0. The summed E-state index contributed by atoms with van der Waals surface area (Å²) in [6.45, 7) is 28.9. The lowest BCUT2D eigenvalue weighted by molar-refractivity contribution is -0.171. The van der Waals surface area contributed by atoms with E-state index in [2.05, 4.69) is 42.6 Å². The Hall–Kier alpha value is -8.90. The molecule has 0 aromatic carbocycles. The highest BCUT2D eigenvalue weighted by Gasteiger charge is 2.51. The molecule has 13 aliphatic heterocycles. The zero-order valence-electron chi connectivity index (χ0n) is 85.6. The van der Waals surface area contributed by atoms with Gasteiger partial charge in [0.1, 0.15) is 116 Å². The molecule has 0 saturated carbocycles. The van der Waals surface area contributed by atoms with Crippen LogP contribution >= 0.6 is 0 Å². The van der Waals surface area contributed by atoms with Gasteiger partial charge in [0.15, 0.2) is 59.7 Å². The minimum Gasteiger partial charge on any atom is -0.461 e. The van der Waals surface area contributed by atoms with E-state index >= 15 is 0 Å². The number of carbonyl (C=O) groups is 9. The van der Waals surface area contributed by atoms with Crippen LogP contribution in [0, 0.1) is 5.92 Å². The predicted octanol–water partition coefficient (Wildman–Crippen LogP) is 5.04. The second-order valence-corrected chi connectivity index (χ2v) is 33.3. The lowest BCUT2D eigenvalue weighted by atomic mass is 10.0. The first-order valence-electron chi connectivity index (χ1n) is 46.9. The van der Waals surface area contributed by atoms with Gasteiger partial charge < -0.3 is 161 Å². The van der Waals surface area contributed by atoms with Crippen LogP contribution in [0.15, 0.2) is 131 Å². The molecule has 10 unspecified atom stereocenters. The maximum atomic E-state index is 13.1. The summed E-state index contributed by atoms with van der Waals surface area (Å²) in [7, 11) is 20.5. The number of aldehydes is 1. The van der Waals surface area contributed by atoms with Crippen LogP contribution in [0.5, 0.6) is 0 Å². The van der Waals surface area contributed by atoms with E-state index in [-0.39, 0.29) is 107 Å². The van der Waals surface area contributed by atoms with Crippen molar-refractivity contribution >= 4 is 85.4 Å². The molecule has 0 amide bonds. The second-order valence-electron chi connectivity index (χ2n) is 33.3. The summed E-state index contributed by atoms with van der Waals surface area (Å²) in [5.74, 6) is -16.5. The van der Waals surface area contributed by atoms with Crippen molar-refractivity contribution < 1.29 is 247 Å². The first-order valence-corrected chi connectivity index (χ1v) is 46.9. The fourth-order valence-corrected chi connectivity index (χ4v) is 11.7. The number of esters is 8. The Labute approximate surface area is 865 Å². The van der Waals surface area contributed by atoms with E-state index in [0.717, 1.165) is 37.7 Å². The minimum absolute atomic E-state index is 0.0648. The second kappa shape index (κ2) is 72.7. The largest absolute Gasteiger partial charge is 0.461 e. The van der Waals surface area contributed by atoms with Crippen LogP contribution in [0.2, 0.25) is 0 Å². The molecule has 5 fully saturated rings. The molecule has 8 radical (unpaired) electrons. The maximum absolute atomic E-state index is 13.1. The number of cyclic esters (lactones) is 4. The van der Waals surface area contributed by atoms with Gasteiger partial charge in [-0.3, -0.25) is 4.79 Å². The molecule has 13 rings (SSSR count). The molecule has 26 atom stereocenters. The molecule has 13 heterocycles. The summed E-state index contributed by atoms with van der Waals surface area (Å²) in [5.41, 5.74) is 0. The van der Waals surface area contributed by atoms with Gasteiger partial charge in [-0.1, -0.05) is 48.5 Å². The van der Waals surface area contributed by atoms with E-state index in [4.69, 9.17) is 135 Å². The molecule has 846 valence electrons. The number of carbonyl (C=O) groups excluding carboxylic acids is 9. The average Bonchev–Trinajstić information content (AvgIpc) is 1.65. The molecular weight excluding hydrogens is 2040 g/mol. The Bertz CT molecular complexity index is 4230. The number of hydrogen-bond acceptors (Lipinski definition) is 41. The first-order chi connectivity index (χ1) is 70.1. The van der Waals surface area contributed by atoms with E-state index in [9.17, 15) is 102 Å². The Morgan fingerprint density at radius 2 is 0.800 bits per heavy atom. The van der Waals surface area contributed by atoms with Crippen molar-refractivity contribution in [2.24, 2.45) is 5.92 Å². The lowest BCUT2D eigenvalue weighted by Gasteiger charge is -2.21. The van der Waals surface area contributed by atoms with Gasteiger partial charge in [0.05, 0.1) is 127 Å². The topological polar surface area (TPSA) is 581 Å². The monoisotopic (exact) mass is 2170 g/mol. The number of rotatable bonds is 24. The first kappa shape index (κ1) is 141. The highest BCUT2D eigenvalue weighted by molar-refractivity contribution is 6.14. The lowest BCUT2D eigenvalue weighted by Crippen LogP contribution is -2.40. The third kappa shape index (κ3) is 54.3. The van der Waals surface area contributed by atoms with Crippen LogP contribution in [0.1, 0.15) is 156 Å². The van der Waals surface area contributed by atoms with Crippen molar-refractivity contribution in [3.8, 4) is 0 Å². The Morgan fingerprint density at radius 3 is 1.05 bits per heavy atom. The normalized spacial score (nSPS) is 30.0. The van der Waals surface area contributed by atoms with Crippen molar-refractivity contribution in [2.75, 3.05) is 72.7 Å². The average molecular weight is 2170 g/mol. The molecule has 0 bridgehead atoms. The number of aliphatic hydroxyl groups is 12. The number of ether oxygens (including phenoxy) is 20. The molecule has 13 aliphatic rings. The molecular formula is C94H135B4F11O41. The highest BCUT2D eigenvalue weighted by atomic mass is 19.2. The molecule has 56 heteroatoms. The number of halogens is 11. The van der Waals surface area contributed by atoms with Gasteiger partial charge in [0, 0.05) is 13.0 Å². The Balaban J connectivity index is 0.00000160. The van der Waals surface area contributed by atoms with Crippen molar-refractivity contribution in [2.45, 2.75) is 326 Å². The molecule has 5 saturated heterocycles. The molecule has 12 N–H and O–H groups in total. The molecule has 41 nitrogen and oxygen atoms in total. The van der Waals surface area contributed by atoms with Gasteiger partial charge in [0.25, 0.3) is 6.29 Å². The van der Waals surface area contributed by atoms with E-state index < -0.39 is 247 Å². The smallest absolute Gasteiger partial charge is 0.367 e. The summed E-state index contributed by atoms with van der Waals surface area (Å²) in [4.78, 5) is 94.7. The summed E-state index contributed by atoms with van der Waals surface area (Å²) in [6, 6.07) is -3.56. The zero-order valence-corrected chi connectivity index (χ0v) is 85.6. The van der Waals surface area contributed by atoms with Gasteiger partial charge in [0.2, 0.25) is 35.4 Å². The third-order valence-corrected chi connectivity index (χ3v) is 19.7. The molecule has 0 aliphatic carbocycles. The molecule has 0 spiro atoms. The fourth-order valence-electron chi connectivity index (χ4n) is 11.7. The molecule has 0 aromatic rings. The van der Waals surface area contributed by atoms with Crippen molar-refractivity contribution in [3.05, 3.63) is 131 Å². The Morgan fingerprint density at radius 1 is 0.440 bits per heavy atom. The highest BCUT2D eigenvalue weighted by Crippen LogP contribution is 2.33. The van der Waals surface area contributed by atoms with E-state index in [1.807, 2.05) is 48.5 Å². The van der Waals surface area contributed by atoms with Gasteiger partial charge in [-0.25, -0.2) is 59.9 Å². The fraction of sp³-hybridized carbons (Fsp3) is 0.670. The van der Waals surface area contributed by atoms with E-state index in [1.165, 1.54) is 62.5 Å². The SMILES string of the molecule is CC1(C)OCC(C=O)O1.CC1(C)OCC([C@H]2OC(=O)C(O)[C@@H]2O)O1.CCOC(=O)/C(F)=C/C(C)CC.CCOC(=O)/C(F)=C/C(O)CO.CCOC(=O)C(F)=CC1COC(C)(C)O1.CC[C@H]1C=C(F)C(=O)O1.CC[C@H]1C=C(F)C(O)O1.CC[C@H]1C=C(F)C(OC(C)=O)O1.O=C1O[C@@H](CO)C=C1F.O=C1O[C@H](C(O)CO)[C@@H](O)C1O.[B][C@@H]1O[C@@H](CC)C=C1F.[B][C@@H]1O[C@@H](CO)C=C1F.[B][C@H]1O[C@@H](CC)C=C1F.[B][C@H]1O[C@@H](CO)C=C1F. The van der Waals surface area contributed by atoms with Crippen molar-refractivity contribution in [3.63, 3.8) is 0 Å². The third-order valence-electron chi connectivity index (χ3n) is 19.7. The minimum atomic E-state index is -1.63. The van der Waals surface area contributed by atoms with Crippen LogP contribution in [-0.4, -0.2) is 389 Å². The molecule has 0 aromatic heterocycles. The number of hydrogen-bond donors (Lipinski definition) is 12. The van der Waals surface area contributed by atoms with Crippen molar-refractivity contribution in [1.82, 2.24) is 0 Å². The van der Waals surface area contributed by atoms with Crippen LogP contribution in [0.3, 0.4) is 0 Å². The van der Waals surface area contributed by atoms with Crippen LogP contribution < -0.4 is 0 Å². The van der Waals surface area contributed by atoms with E-state index in [0.29, 0.717) is 31.9 Å². The maximum Gasteiger partial charge on any atom is 0.367 e. The number of aliphatic hydroxyl groups excluding tert-OH is 12. The predicted molar refractivity (Wildman–Crippen MR) is 503 cm³/mol. The Kier molecular flexibility index (Phi) is 68.4. The van der Waals surface area contributed by atoms with Gasteiger partial charge in [-0.2, -0.15) is 22.0 Å². The number of allylic oxidation sites excluding steroid dienone is 1. The standard InChI is InChI=1S/C10H15FO4.C9H15FO2.C9H14O6.C8H11FO3.C7H11FO4.2C6H8BFO.C6H9FO2.C6H7FO2.C6H10O6.C6H10O3.2C5H6BFO2.C5H5FO3/c1-4-13-9(12)8(11)5-7-6-14-10(2,3)15-7;1-4-7(3)6-8(10)9(11)12-5-2;1-9(2)13-3-4(15-9)7-5(10)6(11)8(12)14-7;1-3-6-4-7(9)8(12-6)11-5(2)10;1-2-12-7(11)6(8)3-5(10)4-9;2*1-2-4-3-5(8)6(7)9-4;2*1-2-4-3-5(7)6(8)9-4;7-1-2(8)5-3(9)4(10)6(11)12-5;1-6(2)8-4-5(3-7)9-6;2*6-5-4(7)1-3(2-8)9-5;6-4-1-3(2-7)9-5(4)8/h5,7H,4,6H2,1-3H3;6-7H,4-5H2,1-3H3;4-7,10-11H,3H2,1-2H3;4,6,8H,3H2,1-2H3;3,5,9-10H,2,4H2,1H3;2*3-4,6H,2H2,1H3;3-4,6,8H,2H2,1H3;3-4H,2H2,1H3;2-5,7-10H,1H2;3,5H,4H2,1-2H3;2*1,3,5,8H,2H2;1,3,7H,2H2/b;8-6-;;;6-3-;;;;;;;;;/t;;4?,5-,6?,7+;6-,8?;;4-,6+;4-,6-;4-,6?;4-;2?,3-,4?,5+;;3-,5+;3-,5-;3-/m..00.00000.111/s1. The summed E-state index contributed by atoms with van der Waals surface area (Å²) in [6.07, 6.45) is 0.585. The van der Waals surface area contributed by atoms with Crippen LogP contribution in [-0.2, 0) is 138 Å².